The molecule has 0 spiro atoms. The van der Waals surface area contributed by atoms with Crippen molar-refractivity contribution >= 4 is 17.5 Å². The minimum atomic E-state index is -0.133. The molecule has 2 amide bonds. The number of ether oxygens (including phenoxy) is 1. The Hall–Kier alpha value is -2.08. The van der Waals surface area contributed by atoms with Gasteiger partial charge in [0, 0.05) is 33.4 Å². The van der Waals surface area contributed by atoms with Crippen LogP contribution in [0.3, 0.4) is 0 Å². The number of carbonyl (C=O) groups excluding carboxylic acids is 2. The highest BCUT2D eigenvalue weighted by Crippen LogP contribution is 2.04. The molecule has 1 N–H and O–H groups in total. The predicted octanol–water partition coefficient (Wildman–Crippen LogP) is 0.662. The zero-order valence-electron chi connectivity index (χ0n) is 12.8. The largest absolute Gasteiger partial charge is 0.383 e. The Morgan fingerprint density at radius 3 is 2.38 bits per heavy atom. The van der Waals surface area contributed by atoms with Gasteiger partial charge in [0.05, 0.1) is 19.7 Å². The molecule has 0 radical (unpaired) electrons. The van der Waals surface area contributed by atoms with Gasteiger partial charge in [0.15, 0.2) is 0 Å². The summed E-state index contributed by atoms with van der Waals surface area (Å²) in [6.07, 6.45) is 0. The second-order valence-electron chi connectivity index (χ2n) is 4.82. The van der Waals surface area contributed by atoms with Crippen molar-refractivity contribution in [1.29, 1.82) is 0 Å². The zero-order chi connectivity index (χ0) is 15.7. The second-order valence-corrected chi connectivity index (χ2v) is 4.82. The number of nitrogens with zero attached hydrogens (tertiary/aromatic N) is 2. The Morgan fingerprint density at radius 1 is 1.14 bits per heavy atom. The van der Waals surface area contributed by atoms with E-state index in [2.05, 4.69) is 5.32 Å². The molecule has 0 fully saturated rings. The number of para-hydroxylation sites is 1. The number of hydrogen-bond donors (Lipinski definition) is 1. The van der Waals surface area contributed by atoms with Crippen LogP contribution in [-0.4, -0.2) is 69.1 Å². The van der Waals surface area contributed by atoms with Gasteiger partial charge in [-0.25, -0.2) is 0 Å². The first-order chi connectivity index (χ1) is 10.0. The van der Waals surface area contributed by atoms with Crippen LogP contribution in [-0.2, 0) is 14.3 Å². The lowest BCUT2D eigenvalue weighted by atomic mass is 10.3. The number of hydrogen-bond acceptors (Lipinski definition) is 4. The van der Waals surface area contributed by atoms with Gasteiger partial charge in [0.25, 0.3) is 0 Å². The Balaban J connectivity index is 2.55. The van der Waals surface area contributed by atoms with Crippen molar-refractivity contribution in [1.82, 2.24) is 9.80 Å². The first-order valence-electron chi connectivity index (χ1n) is 6.80. The molecule has 0 unspecified atom stereocenters. The molecular weight excluding hydrogens is 270 g/mol. The summed E-state index contributed by atoms with van der Waals surface area (Å²) in [6, 6.07) is 9.47. The molecule has 1 aromatic carbocycles. The van der Waals surface area contributed by atoms with Crippen LogP contribution in [0.2, 0.25) is 0 Å². The van der Waals surface area contributed by atoms with E-state index in [9.17, 15) is 9.59 Å². The molecule has 6 heteroatoms. The van der Waals surface area contributed by atoms with Crippen LogP contribution in [0.1, 0.15) is 0 Å². The molecule has 0 aliphatic heterocycles. The van der Waals surface area contributed by atoms with Crippen molar-refractivity contribution in [2.45, 2.75) is 0 Å². The molecule has 0 saturated heterocycles. The van der Waals surface area contributed by atoms with Gasteiger partial charge in [-0.1, -0.05) is 18.2 Å². The third kappa shape index (κ3) is 6.27. The van der Waals surface area contributed by atoms with Gasteiger partial charge < -0.3 is 19.9 Å². The van der Waals surface area contributed by atoms with Crippen LogP contribution < -0.4 is 5.32 Å². The maximum Gasteiger partial charge on any atom is 0.242 e. The minimum absolute atomic E-state index is 0.0612. The number of likely N-dealkylation sites (N-methyl/N-ethyl adjacent to an activating group) is 1. The molecule has 0 aliphatic rings. The van der Waals surface area contributed by atoms with E-state index in [1.807, 2.05) is 30.3 Å². The molecule has 0 aromatic heterocycles. The van der Waals surface area contributed by atoms with E-state index in [4.69, 9.17) is 4.74 Å². The summed E-state index contributed by atoms with van der Waals surface area (Å²) in [5, 5.41) is 3.05. The summed E-state index contributed by atoms with van der Waals surface area (Å²) >= 11 is 0. The van der Waals surface area contributed by atoms with Gasteiger partial charge in [-0.15, -0.1) is 0 Å². The molecule has 6 nitrogen and oxygen atoms in total. The molecule has 1 aromatic rings. The van der Waals surface area contributed by atoms with Crippen LogP contribution in [0.25, 0.3) is 0 Å². The lowest BCUT2D eigenvalue weighted by Gasteiger charge is -2.24. The third-order valence-electron chi connectivity index (χ3n) is 2.96. The molecule has 0 atom stereocenters. The van der Waals surface area contributed by atoms with Crippen molar-refractivity contribution in [2.24, 2.45) is 0 Å². The summed E-state index contributed by atoms with van der Waals surface area (Å²) < 4.78 is 4.99. The summed E-state index contributed by atoms with van der Waals surface area (Å²) in [4.78, 5) is 27.0. The SMILES string of the molecule is COCCN(CC(=O)N(C)C)C(=O)CNc1ccccc1. The first-order valence-corrected chi connectivity index (χ1v) is 6.80. The fraction of sp³-hybridized carbons (Fsp3) is 0.467. The van der Waals surface area contributed by atoms with E-state index >= 15 is 0 Å². The molecule has 116 valence electrons. The monoisotopic (exact) mass is 293 g/mol. The fourth-order valence-corrected chi connectivity index (χ4v) is 1.64. The van der Waals surface area contributed by atoms with Crippen LogP contribution in [0, 0.1) is 0 Å². The minimum Gasteiger partial charge on any atom is -0.383 e. The number of amides is 2. The van der Waals surface area contributed by atoms with Gasteiger partial charge >= 0.3 is 0 Å². The Bertz CT molecular complexity index is 449. The van der Waals surface area contributed by atoms with Crippen molar-refractivity contribution in [2.75, 3.05) is 52.8 Å². The Morgan fingerprint density at radius 2 is 1.81 bits per heavy atom. The van der Waals surface area contributed by atoms with E-state index < -0.39 is 0 Å². The lowest BCUT2D eigenvalue weighted by Crippen LogP contribution is -2.44. The molecular formula is C15H23N3O3. The lowest BCUT2D eigenvalue weighted by molar-refractivity contribution is -0.138. The average Bonchev–Trinajstić information content (AvgIpc) is 2.49. The molecule has 0 saturated carbocycles. The number of methoxy groups -OCH3 is 1. The quantitative estimate of drug-likeness (QED) is 0.765. The van der Waals surface area contributed by atoms with Crippen molar-refractivity contribution in [3.05, 3.63) is 30.3 Å². The van der Waals surface area contributed by atoms with Gasteiger partial charge in [0.2, 0.25) is 11.8 Å². The molecule has 0 bridgehead atoms. The van der Waals surface area contributed by atoms with E-state index in [-0.39, 0.29) is 24.9 Å². The summed E-state index contributed by atoms with van der Waals surface area (Å²) in [5.74, 6) is -0.245. The maximum atomic E-state index is 12.2. The van der Waals surface area contributed by atoms with Crippen LogP contribution in [0.4, 0.5) is 5.69 Å². The highest BCUT2D eigenvalue weighted by Gasteiger charge is 2.17. The van der Waals surface area contributed by atoms with Crippen molar-refractivity contribution in [3.8, 4) is 0 Å². The number of nitrogens with one attached hydrogen (secondary N) is 1. The smallest absolute Gasteiger partial charge is 0.242 e. The van der Waals surface area contributed by atoms with Crippen molar-refractivity contribution in [3.63, 3.8) is 0 Å². The third-order valence-corrected chi connectivity index (χ3v) is 2.96. The second kappa shape index (κ2) is 8.97. The normalized spacial score (nSPS) is 10.0. The summed E-state index contributed by atoms with van der Waals surface area (Å²) in [6.45, 7) is 1.00. The Kier molecular flexibility index (Phi) is 7.25. The molecule has 21 heavy (non-hydrogen) atoms. The van der Waals surface area contributed by atoms with E-state index in [0.29, 0.717) is 13.2 Å². The topological polar surface area (TPSA) is 61.9 Å². The highest BCUT2D eigenvalue weighted by atomic mass is 16.5. The van der Waals surface area contributed by atoms with Gasteiger partial charge in [-0.3, -0.25) is 9.59 Å². The van der Waals surface area contributed by atoms with E-state index in [0.717, 1.165) is 5.69 Å². The maximum absolute atomic E-state index is 12.2. The molecule has 1 rings (SSSR count). The van der Waals surface area contributed by atoms with Crippen LogP contribution >= 0.6 is 0 Å². The first kappa shape index (κ1) is 17.0. The predicted molar refractivity (Wildman–Crippen MR) is 82.1 cm³/mol. The number of carbonyl (C=O) groups is 2. The van der Waals surface area contributed by atoms with E-state index in [1.165, 1.54) is 9.80 Å². The average molecular weight is 293 g/mol. The summed E-state index contributed by atoms with van der Waals surface area (Å²) in [5.41, 5.74) is 0.872. The van der Waals surface area contributed by atoms with Gasteiger partial charge in [0.1, 0.15) is 0 Å². The number of benzene rings is 1. The van der Waals surface area contributed by atoms with Gasteiger partial charge in [-0.2, -0.15) is 0 Å². The number of anilines is 1. The van der Waals surface area contributed by atoms with Crippen LogP contribution in [0.5, 0.6) is 0 Å². The van der Waals surface area contributed by atoms with E-state index in [1.54, 1.807) is 21.2 Å². The Labute approximate surface area is 125 Å². The zero-order valence-corrected chi connectivity index (χ0v) is 12.8. The standard InChI is InChI=1S/C15H23N3O3/c1-17(2)15(20)12-18(9-10-21-3)14(19)11-16-13-7-5-4-6-8-13/h4-8,16H,9-12H2,1-3H3. The molecule has 0 aliphatic carbocycles. The highest BCUT2D eigenvalue weighted by molar-refractivity contribution is 5.86. The van der Waals surface area contributed by atoms with Crippen molar-refractivity contribution < 1.29 is 14.3 Å². The fourth-order valence-electron chi connectivity index (χ4n) is 1.64. The summed E-state index contributed by atoms with van der Waals surface area (Å²) in [7, 11) is 4.91. The van der Waals surface area contributed by atoms with Crippen LogP contribution in [0.15, 0.2) is 30.3 Å². The van der Waals surface area contributed by atoms with Gasteiger partial charge in [-0.05, 0) is 12.1 Å². The molecule has 0 heterocycles. The number of rotatable bonds is 8.